The summed E-state index contributed by atoms with van der Waals surface area (Å²) in [5, 5.41) is 2.76. The van der Waals surface area contributed by atoms with Gasteiger partial charge in [-0.3, -0.25) is 0 Å². The highest BCUT2D eigenvalue weighted by Gasteiger charge is 2.24. The fourth-order valence-electron chi connectivity index (χ4n) is 2.77. The molecule has 1 N–H and O–H groups in total. The smallest absolute Gasteiger partial charge is 0.407 e. The first-order valence-corrected chi connectivity index (χ1v) is 9.92. The van der Waals surface area contributed by atoms with E-state index >= 15 is 0 Å². The van der Waals surface area contributed by atoms with E-state index in [0.717, 1.165) is 16.7 Å². The quantitative estimate of drug-likeness (QED) is 0.622. The van der Waals surface area contributed by atoms with E-state index in [4.69, 9.17) is 18.9 Å². The molecule has 29 heavy (non-hydrogen) atoms. The molecule has 164 valence electrons. The van der Waals surface area contributed by atoms with Crippen molar-refractivity contribution in [3.8, 4) is 5.75 Å². The minimum Gasteiger partial charge on any atom is -0.496 e. The van der Waals surface area contributed by atoms with Gasteiger partial charge in [0, 0.05) is 13.0 Å². The number of rotatable bonds is 9. The Kier molecular flexibility index (Phi) is 9.43. The van der Waals surface area contributed by atoms with Gasteiger partial charge in [-0.15, -0.1) is 0 Å². The van der Waals surface area contributed by atoms with Crippen molar-refractivity contribution >= 4 is 12.1 Å². The number of carbonyl (C=O) groups is 2. The highest BCUT2D eigenvalue weighted by atomic mass is 16.6. The Hall–Kier alpha value is -2.28. The number of alkyl carbamates (subject to hydrolysis) is 1. The van der Waals surface area contributed by atoms with Crippen LogP contribution in [-0.4, -0.2) is 43.6 Å². The number of methoxy groups -OCH3 is 1. The standard InChI is InChI=1S/C22H35NO6/c1-9-27-20(24)19(28-14(2)3)12-16-10-17(15(4)18(11-16)26-8)13-23-21(25)29-22(5,6)7/h10-11,14,19H,9,12-13H2,1-8H3,(H,23,25). The predicted molar refractivity (Wildman–Crippen MR) is 111 cm³/mol. The van der Waals surface area contributed by atoms with Gasteiger partial charge in [-0.25, -0.2) is 9.59 Å². The van der Waals surface area contributed by atoms with Crippen LogP contribution in [-0.2, 0) is 32.0 Å². The number of hydrogen-bond acceptors (Lipinski definition) is 6. The highest BCUT2D eigenvalue weighted by Crippen LogP contribution is 2.25. The molecule has 0 heterocycles. The first kappa shape index (κ1) is 24.8. The second-order valence-corrected chi connectivity index (χ2v) is 8.07. The van der Waals surface area contributed by atoms with Crippen molar-refractivity contribution in [1.82, 2.24) is 5.32 Å². The molecule has 0 saturated heterocycles. The summed E-state index contributed by atoms with van der Waals surface area (Å²) in [6, 6.07) is 3.81. The Morgan fingerprint density at radius 2 is 1.83 bits per heavy atom. The lowest BCUT2D eigenvalue weighted by Gasteiger charge is -2.21. The third-order valence-corrected chi connectivity index (χ3v) is 3.98. The second kappa shape index (κ2) is 11.0. The number of amides is 1. The maximum atomic E-state index is 12.3. The molecule has 1 atom stereocenters. The van der Waals surface area contributed by atoms with Gasteiger partial charge in [0.2, 0.25) is 0 Å². The van der Waals surface area contributed by atoms with Gasteiger partial charge in [-0.2, -0.15) is 0 Å². The van der Waals surface area contributed by atoms with Gasteiger partial charge in [0.1, 0.15) is 11.4 Å². The number of carbonyl (C=O) groups excluding carboxylic acids is 2. The van der Waals surface area contributed by atoms with E-state index < -0.39 is 23.8 Å². The molecule has 0 aliphatic rings. The maximum Gasteiger partial charge on any atom is 0.407 e. The number of esters is 1. The number of ether oxygens (including phenoxy) is 4. The van der Waals surface area contributed by atoms with Gasteiger partial charge >= 0.3 is 12.1 Å². The van der Waals surface area contributed by atoms with E-state index in [1.165, 1.54) is 0 Å². The Balaban J connectivity index is 3.04. The lowest BCUT2D eigenvalue weighted by atomic mass is 9.99. The summed E-state index contributed by atoms with van der Waals surface area (Å²) < 4.78 is 21.7. The van der Waals surface area contributed by atoms with Gasteiger partial charge in [0.05, 0.1) is 19.8 Å². The van der Waals surface area contributed by atoms with Crippen LogP contribution < -0.4 is 10.1 Å². The average molecular weight is 410 g/mol. The molecule has 0 bridgehead atoms. The largest absolute Gasteiger partial charge is 0.496 e. The van der Waals surface area contributed by atoms with Gasteiger partial charge < -0.3 is 24.3 Å². The highest BCUT2D eigenvalue weighted by molar-refractivity contribution is 5.75. The predicted octanol–water partition coefficient (Wildman–Crippen LogP) is 3.93. The summed E-state index contributed by atoms with van der Waals surface area (Å²) in [5.41, 5.74) is 2.06. The zero-order valence-corrected chi connectivity index (χ0v) is 18.9. The molecule has 0 saturated carbocycles. The van der Waals surface area contributed by atoms with Crippen LogP contribution in [0.25, 0.3) is 0 Å². The van der Waals surface area contributed by atoms with Crippen molar-refractivity contribution in [1.29, 1.82) is 0 Å². The van der Waals surface area contributed by atoms with E-state index in [0.29, 0.717) is 18.8 Å². The molecule has 1 unspecified atom stereocenters. The molecule has 0 aliphatic carbocycles. The molecule has 1 aromatic rings. The van der Waals surface area contributed by atoms with Gasteiger partial charge in [-0.05, 0) is 71.2 Å². The van der Waals surface area contributed by atoms with Crippen LogP contribution >= 0.6 is 0 Å². The third kappa shape index (κ3) is 8.73. The van der Waals surface area contributed by atoms with Crippen LogP contribution in [0.1, 0.15) is 58.2 Å². The van der Waals surface area contributed by atoms with Crippen molar-refractivity contribution in [2.75, 3.05) is 13.7 Å². The van der Waals surface area contributed by atoms with Gasteiger partial charge in [-0.1, -0.05) is 6.07 Å². The van der Waals surface area contributed by atoms with E-state index in [9.17, 15) is 9.59 Å². The fourth-order valence-corrected chi connectivity index (χ4v) is 2.77. The molecule has 1 rings (SSSR count). The first-order chi connectivity index (χ1) is 13.5. The summed E-state index contributed by atoms with van der Waals surface area (Å²) >= 11 is 0. The summed E-state index contributed by atoms with van der Waals surface area (Å²) in [6.07, 6.45) is -0.986. The Morgan fingerprint density at radius 1 is 1.17 bits per heavy atom. The van der Waals surface area contributed by atoms with E-state index in [1.54, 1.807) is 14.0 Å². The van der Waals surface area contributed by atoms with Crippen molar-refractivity contribution in [3.63, 3.8) is 0 Å². The van der Waals surface area contributed by atoms with E-state index in [2.05, 4.69) is 5.32 Å². The van der Waals surface area contributed by atoms with Crippen LogP contribution in [0.15, 0.2) is 12.1 Å². The molecule has 0 aliphatic heterocycles. The second-order valence-electron chi connectivity index (χ2n) is 8.07. The summed E-state index contributed by atoms with van der Waals surface area (Å²) in [6.45, 7) is 13.4. The third-order valence-electron chi connectivity index (χ3n) is 3.98. The fraction of sp³-hybridized carbons (Fsp3) is 0.636. The summed E-state index contributed by atoms with van der Waals surface area (Å²) in [4.78, 5) is 24.3. The molecule has 0 aromatic heterocycles. The maximum absolute atomic E-state index is 12.3. The lowest BCUT2D eigenvalue weighted by molar-refractivity contribution is -0.159. The zero-order valence-electron chi connectivity index (χ0n) is 18.9. The van der Waals surface area contributed by atoms with E-state index in [-0.39, 0.29) is 12.6 Å². The first-order valence-electron chi connectivity index (χ1n) is 9.92. The van der Waals surface area contributed by atoms with Gasteiger partial charge in [0.15, 0.2) is 6.10 Å². The summed E-state index contributed by atoms with van der Waals surface area (Å²) in [5.74, 6) is 0.282. The molecule has 1 amide bonds. The van der Waals surface area contributed by atoms with E-state index in [1.807, 2.05) is 53.7 Å². The van der Waals surface area contributed by atoms with Crippen molar-refractivity contribution < 1.29 is 28.5 Å². The van der Waals surface area contributed by atoms with Crippen molar-refractivity contribution in [2.45, 2.75) is 79.2 Å². The average Bonchev–Trinajstić information content (AvgIpc) is 2.59. The van der Waals surface area contributed by atoms with Crippen LogP contribution in [0.5, 0.6) is 5.75 Å². The Morgan fingerprint density at radius 3 is 2.34 bits per heavy atom. The molecular weight excluding hydrogens is 374 g/mol. The number of nitrogens with one attached hydrogen (secondary N) is 1. The van der Waals surface area contributed by atoms with Crippen LogP contribution in [0.2, 0.25) is 0 Å². The minimum absolute atomic E-state index is 0.120. The zero-order chi connectivity index (χ0) is 22.2. The Bertz CT molecular complexity index is 693. The monoisotopic (exact) mass is 409 g/mol. The molecule has 7 nitrogen and oxygen atoms in total. The topological polar surface area (TPSA) is 83.1 Å². The summed E-state index contributed by atoms with van der Waals surface area (Å²) in [7, 11) is 1.59. The van der Waals surface area contributed by atoms with Crippen LogP contribution in [0, 0.1) is 6.92 Å². The lowest BCUT2D eigenvalue weighted by Crippen LogP contribution is -2.32. The Labute approximate surface area is 174 Å². The molecule has 7 heteroatoms. The molecule has 1 aromatic carbocycles. The number of hydrogen-bond donors (Lipinski definition) is 1. The molecule has 0 spiro atoms. The van der Waals surface area contributed by atoms with Crippen molar-refractivity contribution in [2.24, 2.45) is 0 Å². The van der Waals surface area contributed by atoms with Gasteiger partial charge in [0.25, 0.3) is 0 Å². The molecular formula is C22H35NO6. The van der Waals surface area contributed by atoms with Crippen LogP contribution in [0.4, 0.5) is 4.79 Å². The minimum atomic E-state index is -0.714. The van der Waals surface area contributed by atoms with Crippen LogP contribution in [0.3, 0.4) is 0 Å². The normalized spacial score (nSPS) is 12.4. The number of benzene rings is 1. The SMILES string of the molecule is CCOC(=O)C(Cc1cc(CNC(=O)OC(C)(C)C)c(C)c(OC)c1)OC(C)C. The molecule has 0 fully saturated rings. The van der Waals surface area contributed by atoms with Crippen molar-refractivity contribution in [3.05, 3.63) is 28.8 Å². The molecule has 0 radical (unpaired) electrons.